The summed E-state index contributed by atoms with van der Waals surface area (Å²) in [6, 6.07) is 7.49. The van der Waals surface area contributed by atoms with Crippen molar-refractivity contribution in [3.8, 4) is 0 Å². The lowest BCUT2D eigenvalue weighted by Gasteiger charge is -2.20. The number of benzene rings is 1. The summed E-state index contributed by atoms with van der Waals surface area (Å²) in [6.07, 6.45) is 1.57. The van der Waals surface area contributed by atoms with E-state index >= 15 is 0 Å². The van der Waals surface area contributed by atoms with E-state index in [9.17, 15) is 9.59 Å². The van der Waals surface area contributed by atoms with Gasteiger partial charge in [0.15, 0.2) is 0 Å². The van der Waals surface area contributed by atoms with Crippen LogP contribution >= 0.6 is 0 Å². The molecule has 0 unspecified atom stereocenters. The third kappa shape index (κ3) is 3.36. The minimum Gasteiger partial charge on any atom is -0.344 e. The van der Waals surface area contributed by atoms with Crippen LogP contribution in [0.15, 0.2) is 24.3 Å². The van der Waals surface area contributed by atoms with Gasteiger partial charge in [0.05, 0.1) is 0 Å². The first-order chi connectivity index (χ1) is 9.61. The van der Waals surface area contributed by atoms with E-state index in [4.69, 9.17) is 5.73 Å². The molecule has 0 bridgehead atoms. The molecule has 0 saturated carbocycles. The van der Waals surface area contributed by atoms with Crippen molar-refractivity contribution in [2.75, 3.05) is 33.2 Å². The Morgan fingerprint density at radius 1 is 1.35 bits per heavy atom. The van der Waals surface area contributed by atoms with Crippen LogP contribution in [-0.4, -0.2) is 54.8 Å². The van der Waals surface area contributed by atoms with Crippen molar-refractivity contribution in [1.82, 2.24) is 9.80 Å². The fourth-order valence-electron chi connectivity index (χ4n) is 2.37. The van der Waals surface area contributed by atoms with Crippen LogP contribution in [0, 0.1) is 0 Å². The van der Waals surface area contributed by atoms with E-state index in [1.165, 1.54) is 0 Å². The number of nitrogens with two attached hydrogens (primary N) is 1. The normalized spacial score (nSPS) is 16.2. The quantitative estimate of drug-likeness (QED) is 0.873. The van der Waals surface area contributed by atoms with Gasteiger partial charge < -0.3 is 15.5 Å². The number of hydrogen-bond acceptors (Lipinski definition) is 3. The van der Waals surface area contributed by atoms with Crippen molar-refractivity contribution in [1.29, 1.82) is 0 Å². The van der Waals surface area contributed by atoms with Gasteiger partial charge in [-0.05, 0) is 37.1 Å². The molecule has 108 valence electrons. The second-order valence-corrected chi connectivity index (χ2v) is 5.13. The second-order valence-electron chi connectivity index (χ2n) is 5.13. The Bertz CT molecular complexity index is 502. The van der Waals surface area contributed by atoms with Crippen LogP contribution in [0.1, 0.15) is 22.3 Å². The van der Waals surface area contributed by atoms with Gasteiger partial charge in [-0.1, -0.05) is 12.1 Å². The molecule has 1 aliphatic rings. The summed E-state index contributed by atoms with van der Waals surface area (Å²) in [4.78, 5) is 27.6. The molecular formula is C15H21N3O2. The minimum absolute atomic E-state index is 0.00559. The molecule has 0 aromatic heterocycles. The molecule has 0 atom stereocenters. The van der Waals surface area contributed by atoms with E-state index < -0.39 is 0 Å². The smallest absolute Gasteiger partial charge is 0.254 e. The largest absolute Gasteiger partial charge is 0.344 e. The molecule has 1 aromatic carbocycles. The SMILES string of the molecule is CN1CCCN(C(=O)c2cccc(CCN)c2)CC1=O. The maximum absolute atomic E-state index is 12.5. The Kier molecular flexibility index (Phi) is 4.74. The van der Waals surface area contributed by atoms with E-state index in [1.54, 1.807) is 22.9 Å². The Labute approximate surface area is 119 Å². The van der Waals surface area contributed by atoms with Gasteiger partial charge in [0.1, 0.15) is 6.54 Å². The van der Waals surface area contributed by atoms with Crippen molar-refractivity contribution < 1.29 is 9.59 Å². The van der Waals surface area contributed by atoms with Crippen molar-refractivity contribution in [2.24, 2.45) is 5.73 Å². The first-order valence-electron chi connectivity index (χ1n) is 6.94. The molecule has 1 heterocycles. The van der Waals surface area contributed by atoms with Crippen molar-refractivity contribution in [3.05, 3.63) is 35.4 Å². The molecule has 1 saturated heterocycles. The van der Waals surface area contributed by atoms with E-state index in [0.29, 0.717) is 25.2 Å². The van der Waals surface area contributed by atoms with Gasteiger partial charge in [-0.25, -0.2) is 0 Å². The third-order valence-corrected chi connectivity index (χ3v) is 3.57. The highest BCUT2D eigenvalue weighted by Crippen LogP contribution is 2.11. The second kappa shape index (κ2) is 6.52. The molecule has 2 N–H and O–H groups in total. The van der Waals surface area contributed by atoms with Crippen molar-refractivity contribution >= 4 is 11.8 Å². The molecule has 1 fully saturated rings. The molecular weight excluding hydrogens is 254 g/mol. The van der Waals surface area contributed by atoms with Gasteiger partial charge in [-0.2, -0.15) is 0 Å². The number of amides is 2. The van der Waals surface area contributed by atoms with Crippen molar-refractivity contribution in [2.45, 2.75) is 12.8 Å². The standard InChI is InChI=1S/C15H21N3O2/c1-17-8-3-9-18(11-14(17)19)15(20)13-5-2-4-12(10-13)6-7-16/h2,4-5,10H,3,6-9,11,16H2,1H3. The molecule has 20 heavy (non-hydrogen) atoms. The predicted molar refractivity (Wildman–Crippen MR) is 77.4 cm³/mol. The number of hydrogen-bond donors (Lipinski definition) is 1. The molecule has 0 aliphatic carbocycles. The van der Waals surface area contributed by atoms with Gasteiger partial charge in [0.2, 0.25) is 5.91 Å². The number of nitrogens with zero attached hydrogens (tertiary/aromatic N) is 2. The number of likely N-dealkylation sites (N-methyl/N-ethyl adjacent to an activating group) is 1. The fraction of sp³-hybridized carbons (Fsp3) is 0.467. The average Bonchev–Trinajstić information content (AvgIpc) is 2.61. The van der Waals surface area contributed by atoms with Gasteiger partial charge in [0.25, 0.3) is 5.91 Å². The highest BCUT2D eigenvalue weighted by molar-refractivity contribution is 5.96. The Morgan fingerprint density at radius 2 is 2.15 bits per heavy atom. The van der Waals surface area contributed by atoms with Crippen LogP contribution in [0.5, 0.6) is 0 Å². The van der Waals surface area contributed by atoms with Gasteiger partial charge >= 0.3 is 0 Å². The topological polar surface area (TPSA) is 66.6 Å². The summed E-state index contributed by atoms with van der Waals surface area (Å²) in [5, 5.41) is 0. The lowest BCUT2D eigenvalue weighted by atomic mass is 10.1. The fourth-order valence-corrected chi connectivity index (χ4v) is 2.37. The van der Waals surface area contributed by atoms with Crippen LogP contribution in [0.4, 0.5) is 0 Å². The maximum Gasteiger partial charge on any atom is 0.254 e. The van der Waals surface area contributed by atoms with E-state index in [0.717, 1.165) is 18.4 Å². The monoisotopic (exact) mass is 275 g/mol. The molecule has 0 spiro atoms. The number of rotatable bonds is 3. The Hall–Kier alpha value is -1.88. The summed E-state index contributed by atoms with van der Waals surface area (Å²) in [5.41, 5.74) is 7.22. The molecule has 1 aliphatic heterocycles. The van der Waals surface area contributed by atoms with Gasteiger partial charge in [0, 0.05) is 25.7 Å². The zero-order chi connectivity index (χ0) is 14.5. The van der Waals surface area contributed by atoms with Crippen molar-refractivity contribution in [3.63, 3.8) is 0 Å². The number of carbonyl (C=O) groups is 2. The van der Waals surface area contributed by atoms with Crippen LogP contribution < -0.4 is 5.73 Å². The Balaban J connectivity index is 2.13. The van der Waals surface area contributed by atoms with Crippen LogP contribution in [0.2, 0.25) is 0 Å². The van der Waals surface area contributed by atoms with E-state index in [2.05, 4.69) is 0 Å². The predicted octanol–water partition coefficient (Wildman–Crippen LogP) is 0.492. The third-order valence-electron chi connectivity index (χ3n) is 3.57. The maximum atomic E-state index is 12.5. The summed E-state index contributed by atoms with van der Waals surface area (Å²) in [7, 11) is 1.78. The summed E-state index contributed by atoms with van der Waals surface area (Å²) < 4.78 is 0. The van der Waals surface area contributed by atoms with Gasteiger partial charge in [-0.3, -0.25) is 9.59 Å². The molecule has 2 rings (SSSR count). The minimum atomic E-state index is -0.0764. The zero-order valence-corrected chi connectivity index (χ0v) is 11.8. The zero-order valence-electron chi connectivity index (χ0n) is 11.8. The Morgan fingerprint density at radius 3 is 2.90 bits per heavy atom. The summed E-state index contributed by atoms with van der Waals surface area (Å²) >= 11 is 0. The van der Waals surface area contributed by atoms with Crippen LogP contribution in [-0.2, 0) is 11.2 Å². The lowest BCUT2D eigenvalue weighted by molar-refractivity contribution is -0.129. The average molecular weight is 275 g/mol. The van der Waals surface area contributed by atoms with E-state index in [1.807, 2.05) is 18.2 Å². The molecule has 5 nitrogen and oxygen atoms in total. The van der Waals surface area contributed by atoms with Gasteiger partial charge in [-0.15, -0.1) is 0 Å². The molecule has 2 amide bonds. The van der Waals surface area contributed by atoms with E-state index in [-0.39, 0.29) is 18.4 Å². The first-order valence-corrected chi connectivity index (χ1v) is 6.94. The first kappa shape index (κ1) is 14.5. The highest BCUT2D eigenvalue weighted by Gasteiger charge is 2.23. The molecule has 5 heteroatoms. The lowest BCUT2D eigenvalue weighted by Crippen LogP contribution is -2.38. The summed E-state index contributed by atoms with van der Waals surface area (Å²) in [6.45, 7) is 2.05. The molecule has 0 radical (unpaired) electrons. The highest BCUT2D eigenvalue weighted by atomic mass is 16.2. The number of carbonyl (C=O) groups excluding carboxylic acids is 2. The van der Waals surface area contributed by atoms with Crippen LogP contribution in [0.3, 0.4) is 0 Å². The summed E-state index contributed by atoms with van der Waals surface area (Å²) in [5.74, 6) is -0.0820. The molecule has 1 aromatic rings. The van der Waals surface area contributed by atoms with Crippen LogP contribution in [0.25, 0.3) is 0 Å².